The molecule has 0 aliphatic rings. The number of nitrogens with zero attached hydrogens (tertiary/aromatic N) is 1. The summed E-state index contributed by atoms with van der Waals surface area (Å²) in [4.78, 5) is 1.57. The van der Waals surface area contributed by atoms with Crippen LogP contribution in [0.4, 0.5) is 0 Å². The Morgan fingerprint density at radius 3 is 1.62 bits per heavy atom. The lowest BCUT2D eigenvalue weighted by Gasteiger charge is -2.26. The minimum absolute atomic E-state index is 0.124. The van der Waals surface area contributed by atoms with E-state index in [9.17, 15) is 15.3 Å². The van der Waals surface area contributed by atoms with E-state index in [1.807, 2.05) is 0 Å². The third-order valence-electron chi connectivity index (χ3n) is 1.99. The van der Waals surface area contributed by atoms with Crippen molar-refractivity contribution in [2.75, 3.05) is 19.6 Å². The second kappa shape index (κ2) is 8.12. The summed E-state index contributed by atoms with van der Waals surface area (Å²) in [5.41, 5.74) is 0. The molecular weight excluding hydrogens is 210 g/mol. The van der Waals surface area contributed by atoms with Crippen molar-refractivity contribution < 1.29 is 15.3 Å². The molecule has 0 spiro atoms. The Balaban J connectivity index is 4.30. The first-order valence-corrected chi connectivity index (χ1v) is 4.93. The molecular formula is C10H19N3O3. The zero-order valence-electron chi connectivity index (χ0n) is 9.08. The van der Waals surface area contributed by atoms with Gasteiger partial charge < -0.3 is 26.1 Å². The zero-order valence-corrected chi connectivity index (χ0v) is 9.08. The maximum atomic E-state index is 9.36. The highest BCUT2D eigenvalue weighted by Gasteiger charge is 2.15. The van der Waals surface area contributed by atoms with Gasteiger partial charge in [0.05, 0.1) is 6.10 Å². The van der Waals surface area contributed by atoms with Gasteiger partial charge in [0.15, 0.2) is 0 Å². The topological polar surface area (TPSA) is 112 Å². The summed E-state index contributed by atoms with van der Waals surface area (Å²) in [6, 6.07) is 0. The molecule has 5 N–H and O–H groups in total. The van der Waals surface area contributed by atoms with E-state index in [0.717, 1.165) is 12.4 Å². The fraction of sp³-hybridized carbons (Fsp3) is 0.600. The predicted molar refractivity (Wildman–Crippen MR) is 62.2 cm³/mol. The van der Waals surface area contributed by atoms with Crippen molar-refractivity contribution in [1.82, 2.24) is 4.90 Å². The van der Waals surface area contributed by atoms with Crippen molar-refractivity contribution in [2.45, 2.75) is 18.3 Å². The molecule has 0 aromatic carbocycles. The van der Waals surface area contributed by atoms with E-state index in [2.05, 4.69) is 6.58 Å². The Morgan fingerprint density at radius 1 is 0.938 bits per heavy atom. The van der Waals surface area contributed by atoms with Crippen molar-refractivity contribution in [3.63, 3.8) is 0 Å². The Labute approximate surface area is 94.8 Å². The van der Waals surface area contributed by atoms with Crippen LogP contribution >= 0.6 is 0 Å². The van der Waals surface area contributed by atoms with Gasteiger partial charge in [0.1, 0.15) is 12.2 Å². The Morgan fingerprint density at radius 2 is 1.31 bits per heavy atom. The van der Waals surface area contributed by atoms with Crippen LogP contribution in [0.2, 0.25) is 0 Å². The number of aliphatic hydroxyl groups excluding tert-OH is 3. The fourth-order valence-electron chi connectivity index (χ4n) is 1.20. The molecule has 6 heteroatoms. The van der Waals surface area contributed by atoms with Crippen LogP contribution in [0.1, 0.15) is 0 Å². The van der Waals surface area contributed by atoms with E-state index in [4.69, 9.17) is 10.8 Å². The molecule has 0 amide bonds. The summed E-state index contributed by atoms with van der Waals surface area (Å²) >= 11 is 0. The molecule has 3 atom stereocenters. The number of rotatable bonds is 9. The van der Waals surface area contributed by atoms with Crippen LogP contribution in [0.5, 0.6) is 0 Å². The summed E-state index contributed by atoms with van der Waals surface area (Å²) < 4.78 is 0. The summed E-state index contributed by atoms with van der Waals surface area (Å²) in [7, 11) is 0. The van der Waals surface area contributed by atoms with Crippen molar-refractivity contribution in [1.29, 1.82) is 10.8 Å². The van der Waals surface area contributed by atoms with Crippen molar-refractivity contribution >= 4 is 12.4 Å². The average molecular weight is 229 g/mol. The second-order valence-corrected chi connectivity index (χ2v) is 3.49. The lowest BCUT2D eigenvalue weighted by molar-refractivity contribution is 0.0863. The Kier molecular flexibility index (Phi) is 7.57. The minimum Gasteiger partial charge on any atom is -0.388 e. The van der Waals surface area contributed by atoms with Gasteiger partial charge in [-0.3, -0.25) is 4.90 Å². The van der Waals surface area contributed by atoms with Crippen LogP contribution in [0.25, 0.3) is 0 Å². The zero-order chi connectivity index (χ0) is 12.6. The van der Waals surface area contributed by atoms with Crippen molar-refractivity contribution in [3.8, 4) is 0 Å². The van der Waals surface area contributed by atoms with Gasteiger partial charge in [-0.2, -0.15) is 0 Å². The molecule has 0 radical (unpaired) electrons. The predicted octanol–water partition coefficient (Wildman–Crippen LogP) is -1.14. The van der Waals surface area contributed by atoms with Crippen molar-refractivity contribution in [3.05, 3.63) is 12.7 Å². The number of nitrogens with one attached hydrogen (secondary N) is 2. The van der Waals surface area contributed by atoms with Gasteiger partial charge in [-0.05, 0) is 0 Å². The minimum atomic E-state index is -0.949. The maximum absolute atomic E-state index is 9.36. The molecule has 0 aliphatic heterocycles. The Hall–Kier alpha value is -1.08. The molecule has 16 heavy (non-hydrogen) atoms. The monoisotopic (exact) mass is 229 g/mol. The molecule has 6 nitrogen and oxygen atoms in total. The van der Waals surface area contributed by atoms with Crippen LogP contribution in [0.3, 0.4) is 0 Å². The van der Waals surface area contributed by atoms with Gasteiger partial charge in [-0.1, -0.05) is 6.08 Å². The number of aliphatic hydroxyl groups is 3. The second-order valence-electron chi connectivity index (χ2n) is 3.49. The molecule has 0 aliphatic carbocycles. The normalized spacial score (nSPS) is 16.5. The largest absolute Gasteiger partial charge is 0.388 e. The summed E-state index contributed by atoms with van der Waals surface area (Å²) in [5.74, 6) is 0. The first-order chi connectivity index (χ1) is 7.53. The fourth-order valence-corrected chi connectivity index (χ4v) is 1.20. The Bertz CT molecular complexity index is 197. The maximum Gasteiger partial charge on any atom is 0.101 e. The van der Waals surface area contributed by atoms with Gasteiger partial charge in [-0.15, -0.1) is 6.58 Å². The van der Waals surface area contributed by atoms with Gasteiger partial charge >= 0.3 is 0 Å². The van der Waals surface area contributed by atoms with Crippen LogP contribution in [-0.2, 0) is 0 Å². The van der Waals surface area contributed by atoms with E-state index >= 15 is 0 Å². The smallest absolute Gasteiger partial charge is 0.101 e. The standard InChI is InChI=1S/C10H19N3O3/c1-2-8(14)5-13(6-9(15)3-11)7-10(16)4-12/h2-4,8-12,14-16H,1,5-7H2. The number of hydrogen-bond acceptors (Lipinski definition) is 6. The van der Waals surface area contributed by atoms with Crippen LogP contribution in [0, 0.1) is 10.8 Å². The summed E-state index contributed by atoms with van der Waals surface area (Å²) in [5, 5.41) is 41.6. The highest BCUT2D eigenvalue weighted by atomic mass is 16.3. The van der Waals surface area contributed by atoms with Gasteiger partial charge in [0, 0.05) is 32.1 Å². The summed E-state index contributed by atoms with van der Waals surface area (Å²) in [6.07, 6.45) is 0.440. The molecule has 3 unspecified atom stereocenters. The highest BCUT2D eigenvalue weighted by Crippen LogP contribution is 1.98. The average Bonchev–Trinajstić information content (AvgIpc) is 2.28. The van der Waals surface area contributed by atoms with Gasteiger partial charge in [0.25, 0.3) is 0 Å². The molecule has 92 valence electrons. The van der Waals surface area contributed by atoms with E-state index in [1.54, 1.807) is 4.90 Å². The van der Waals surface area contributed by atoms with E-state index in [0.29, 0.717) is 0 Å². The lowest BCUT2D eigenvalue weighted by Crippen LogP contribution is -2.42. The van der Waals surface area contributed by atoms with Crippen molar-refractivity contribution in [2.24, 2.45) is 0 Å². The molecule has 0 aromatic heterocycles. The molecule has 0 rings (SSSR count). The van der Waals surface area contributed by atoms with Gasteiger partial charge in [-0.25, -0.2) is 0 Å². The first kappa shape index (κ1) is 14.9. The van der Waals surface area contributed by atoms with E-state index in [-0.39, 0.29) is 19.6 Å². The highest BCUT2D eigenvalue weighted by molar-refractivity contribution is 5.60. The molecule has 0 fully saturated rings. The van der Waals surface area contributed by atoms with Crippen LogP contribution in [0.15, 0.2) is 12.7 Å². The summed E-state index contributed by atoms with van der Waals surface area (Å²) in [6.45, 7) is 3.86. The van der Waals surface area contributed by atoms with Crippen LogP contribution < -0.4 is 0 Å². The molecule has 0 saturated heterocycles. The molecule has 0 saturated carbocycles. The molecule has 0 bridgehead atoms. The lowest BCUT2D eigenvalue weighted by atomic mass is 10.2. The molecule has 0 heterocycles. The third-order valence-corrected chi connectivity index (χ3v) is 1.99. The van der Waals surface area contributed by atoms with E-state index in [1.165, 1.54) is 6.08 Å². The first-order valence-electron chi connectivity index (χ1n) is 4.93. The number of hydrogen-bond donors (Lipinski definition) is 5. The SMILES string of the molecule is C=CC(O)CN(CC(O)C=N)CC(O)C=N. The third kappa shape index (κ3) is 6.41. The van der Waals surface area contributed by atoms with E-state index < -0.39 is 18.3 Å². The quantitative estimate of drug-likeness (QED) is 0.254. The molecule has 0 aromatic rings. The van der Waals surface area contributed by atoms with Crippen LogP contribution in [-0.4, -0.2) is 70.6 Å². The van der Waals surface area contributed by atoms with Gasteiger partial charge in [0.2, 0.25) is 0 Å².